The van der Waals surface area contributed by atoms with E-state index in [1.807, 2.05) is 36.8 Å². The lowest BCUT2D eigenvalue weighted by Crippen LogP contribution is -2.38. The van der Waals surface area contributed by atoms with Crippen LogP contribution in [0.1, 0.15) is 43.5 Å². The van der Waals surface area contributed by atoms with E-state index in [9.17, 15) is 9.50 Å². The number of nitrogens with zero attached hydrogens (tertiary/aromatic N) is 4. The molecule has 0 atom stereocenters. The molecule has 2 N–H and O–H groups in total. The SMILES string of the molecule is CCNC(=NCc1ccc(O)c(F)c1)N(C)Cc1cn(C)nc1C(C)C. The maximum Gasteiger partial charge on any atom is 0.194 e. The van der Waals surface area contributed by atoms with Gasteiger partial charge in [-0.1, -0.05) is 19.9 Å². The van der Waals surface area contributed by atoms with Gasteiger partial charge in [0.2, 0.25) is 0 Å². The topological polar surface area (TPSA) is 65.7 Å². The number of guanidine groups is 1. The number of aliphatic imine (C=N–C) groups is 1. The molecule has 0 saturated heterocycles. The normalized spacial score (nSPS) is 11.9. The van der Waals surface area contributed by atoms with E-state index in [0.717, 1.165) is 23.8 Å². The van der Waals surface area contributed by atoms with Crippen LogP contribution in [0.15, 0.2) is 29.4 Å². The van der Waals surface area contributed by atoms with Crippen molar-refractivity contribution in [3.05, 3.63) is 47.0 Å². The quantitative estimate of drug-likeness (QED) is 0.613. The van der Waals surface area contributed by atoms with Crippen molar-refractivity contribution in [3.63, 3.8) is 0 Å². The van der Waals surface area contributed by atoms with E-state index in [1.165, 1.54) is 12.1 Å². The Balaban J connectivity index is 2.16. The van der Waals surface area contributed by atoms with Crippen molar-refractivity contribution in [2.24, 2.45) is 12.0 Å². The van der Waals surface area contributed by atoms with Crippen molar-refractivity contribution in [1.29, 1.82) is 0 Å². The first-order valence-corrected chi connectivity index (χ1v) is 8.81. The Hall–Kier alpha value is -2.57. The zero-order chi connectivity index (χ0) is 19.3. The predicted molar refractivity (Wildman–Crippen MR) is 102 cm³/mol. The van der Waals surface area contributed by atoms with Crippen molar-refractivity contribution in [2.45, 2.75) is 39.8 Å². The first-order chi connectivity index (χ1) is 12.3. The molecule has 0 aliphatic carbocycles. The minimum atomic E-state index is -0.631. The zero-order valence-electron chi connectivity index (χ0n) is 16.1. The minimum Gasteiger partial charge on any atom is -0.505 e. The second-order valence-corrected chi connectivity index (χ2v) is 6.68. The maximum atomic E-state index is 13.5. The van der Waals surface area contributed by atoms with Gasteiger partial charge in [-0.2, -0.15) is 5.10 Å². The van der Waals surface area contributed by atoms with Gasteiger partial charge in [0.05, 0.1) is 12.2 Å². The molecule has 26 heavy (non-hydrogen) atoms. The number of aromatic nitrogens is 2. The molecule has 7 heteroatoms. The van der Waals surface area contributed by atoms with E-state index in [1.54, 1.807) is 6.07 Å². The summed E-state index contributed by atoms with van der Waals surface area (Å²) in [6.45, 7) is 8.00. The molecule has 0 fully saturated rings. The number of benzene rings is 1. The van der Waals surface area contributed by atoms with Crippen LogP contribution in [0, 0.1) is 5.82 Å². The molecule has 0 aliphatic rings. The summed E-state index contributed by atoms with van der Waals surface area (Å²) in [6.07, 6.45) is 2.03. The third-order valence-electron chi connectivity index (χ3n) is 4.01. The van der Waals surface area contributed by atoms with Gasteiger partial charge in [0.25, 0.3) is 0 Å². The Kier molecular flexibility index (Phi) is 6.60. The van der Waals surface area contributed by atoms with Gasteiger partial charge in [0.15, 0.2) is 17.5 Å². The van der Waals surface area contributed by atoms with E-state index in [0.29, 0.717) is 24.6 Å². The fourth-order valence-corrected chi connectivity index (χ4v) is 2.78. The highest BCUT2D eigenvalue weighted by Crippen LogP contribution is 2.19. The molecular formula is C19H28FN5O. The molecule has 0 saturated carbocycles. The first kappa shape index (κ1) is 19.8. The molecule has 142 valence electrons. The molecule has 1 aromatic carbocycles. The van der Waals surface area contributed by atoms with Crippen LogP contribution in [-0.2, 0) is 20.1 Å². The number of halogens is 1. The van der Waals surface area contributed by atoms with Crippen molar-refractivity contribution in [2.75, 3.05) is 13.6 Å². The summed E-state index contributed by atoms with van der Waals surface area (Å²) in [6, 6.07) is 4.32. The van der Waals surface area contributed by atoms with Crippen molar-refractivity contribution in [1.82, 2.24) is 20.0 Å². The lowest BCUT2D eigenvalue weighted by atomic mass is 10.1. The highest BCUT2D eigenvalue weighted by molar-refractivity contribution is 5.79. The number of hydrogen-bond acceptors (Lipinski definition) is 3. The molecule has 0 unspecified atom stereocenters. The fourth-order valence-electron chi connectivity index (χ4n) is 2.78. The monoisotopic (exact) mass is 361 g/mol. The zero-order valence-corrected chi connectivity index (χ0v) is 16.1. The molecule has 6 nitrogen and oxygen atoms in total. The molecule has 1 aromatic heterocycles. The number of phenols is 1. The number of hydrogen-bond donors (Lipinski definition) is 2. The van der Waals surface area contributed by atoms with Crippen LogP contribution in [0.25, 0.3) is 0 Å². The highest BCUT2D eigenvalue weighted by atomic mass is 19.1. The van der Waals surface area contributed by atoms with Crippen LogP contribution in [0.4, 0.5) is 4.39 Å². The number of aryl methyl sites for hydroxylation is 1. The predicted octanol–water partition coefficient (Wildman–Crippen LogP) is 2.99. The van der Waals surface area contributed by atoms with Crippen molar-refractivity contribution < 1.29 is 9.50 Å². The summed E-state index contributed by atoms with van der Waals surface area (Å²) in [5, 5.41) is 17.1. The third-order valence-corrected chi connectivity index (χ3v) is 4.01. The van der Waals surface area contributed by atoms with Gasteiger partial charge >= 0.3 is 0 Å². The Labute approximate surface area is 154 Å². The minimum absolute atomic E-state index is 0.327. The lowest BCUT2D eigenvalue weighted by Gasteiger charge is -2.22. The standard InChI is InChI=1S/C19H28FN5O/c1-6-21-19(22-10-14-7-8-17(26)16(20)9-14)24(4)11-15-12-25(5)23-18(15)13(2)3/h7-9,12-13,26H,6,10-11H2,1-5H3,(H,21,22). The summed E-state index contributed by atoms with van der Waals surface area (Å²) in [7, 11) is 3.89. The van der Waals surface area contributed by atoms with Gasteiger partial charge in [0.1, 0.15) is 0 Å². The molecule has 0 radical (unpaired) electrons. The molecule has 1 heterocycles. The molecule has 2 rings (SSSR count). The number of nitrogens with one attached hydrogen (secondary N) is 1. The Morgan fingerprint density at radius 1 is 1.42 bits per heavy atom. The molecule has 0 amide bonds. The number of aromatic hydroxyl groups is 1. The average molecular weight is 361 g/mol. The van der Waals surface area contributed by atoms with E-state index >= 15 is 0 Å². The fraction of sp³-hybridized carbons (Fsp3) is 0.474. The van der Waals surface area contributed by atoms with Crippen LogP contribution < -0.4 is 5.32 Å². The highest BCUT2D eigenvalue weighted by Gasteiger charge is 2.15. The Bertz CT molecular complexity index is 769. The largest absolute Gasteiger partial charge is 0.505 e. The summed E-state index contributed by atoms with van der Waals surface area (Å²) in [5.74, 6) is 0.103. The smallest absolute Gasteiger partial charge is 0.194 e. The lowest BCUT2D eigenvalue weighted by molar-refractivity contribution is 0.431. The summed E-state index contributed by atoms with van der Waals surface area (Å²) in [4.78, 5) is 6.62. The van der Waals surface area contributed by atoms with Crippen LogP contribution in [-0.4, -0.2) is 39.3 Å². The van der Waals surface area contributed by atoms with Gasteiger partial charge in [-0.05, 0) is 30.5 Å². The van der Waals surface area contributed by atoms with E-state index < -0.39 is 5.82 Å². The molecule has 2 aromatic rings. The van der Waals surface area contributed by atoms with Gasteiger partial charge in [-0.25, -0.2) is 9.38 Å². The summed E-state index contributed by atoms with van der Waals surface area (Å²) < 4.78 is 15.3. The Morgan fingerprint density at radius 2 is 2.15 bits per heavy atom. The van der Waals surface area contributed by atoms with Crippen LogP contribution in [0.3, 0.4) is 0 Å². The van der Waals surface area contributed by atoms with Crippen molar-refractivity contribution in [3.8, 4) is 5.75 Å². The molecule has 0 aliphatic heterocycles. The van der Waals surface area contributed by atoms with Crippen LogP contribution >= 0.6 is 0 Å². The van der Waals surface area contributed by atoms with Gasteiger partial charge in [0, 0.05) is 38.9 Å². The van der Waals surface area contributed by atoms with Crippen molar-refractivity contribution >= 4 is 5.96 Å². The summed E-state index contributed by atoms with van der Waals surface area (Å²) in [5.41, 5.74) is 2.94. The summed E-state index contributed by atoms with van der Waals surface area (Å²) >= 11 is 0. The maximum absolute atomic E-state index is 13.5. The van der Waals surface area contributed by atoms with Gasteiger partial charge in [-0.3, -0.25) is 4.68 Å². The number of phenolic OH excluding ortho intramolecular Hbond substituents is 1. The van der Waals surface area contributed by atoms with Gasteiger partial charge in [-0.15, -0.1) is 0 Å². The van der Waals surface area contributed by atoms with Crippen LogP contribution in [0.2, 0.25) is 0 Å². The molecule has 0 spiro atoms. The average Bonchev–Trinajstić information content (AvgIpc) is 2.95. The first-order valence-electron chi connectivity index (χ1n) is 8.81. The van der Waals surface area contributed by atoms with Gasteiger partial charge < -0.3 is 15.3 Å². The third kappa shape index (κ3) is 4.97. The van der Waals surface area contributed by atoms with Crippen LogP contribution in [0.5, 0.6) is 5.75 Å². The second-order valence-electron chi connectivity index (χ2n) is 6.68. The second kappa shape index (κ2) is 8.69. The van der Waals surface area contributed by atoms with E-state index in [4.69, 9.17) is 0 Å². The van der Waals surface area contributed by atoms with E-state index in [2.05, 4.69) is 29.3 Å². The molecule has 0 bridgehead atoms. The van der Waals surface area contributed by atoms with E-state index in [-0.39, 0.29) is 5.75 Å². The molecular weight excluding hydrogens is 333 g/mol. The number of rotatable bonds is 6. The Morgan fingerprint density at radius 3 is 2.77 bits per heavy atom.